The van der Waals surface area contributed by atoms with E-state index in [4.69, 9.17) is 0 Å². The summed E-state index contributed by atoms with van der Waals surface area (Å²) in [5, 5.41) is 3.28. The third kappa shape index (κ3) is 3.44. The van der Waals surface area contributed by atoms with Crippen molar-refractivity contribution in [3.05, 3.63) is 0 Å². The molecule has 0 spiro atoms. The monoisotopic (exact) mass is 293 g/mol. The molecule has 1 amide bonds. The molecule has 0 aromatic carbocycles. The molecule has 2 heterocycles. The molecular weight excluding hydrogens is 271 g/mol. The van der Waals surface area contributed by atoms with Gasteiger partial charge in [0.25, 0.3) is 0 Å². The van der Waals surface area contributed by atoms with E-state index in [9.17, 15) is 18.0 Å². The lowest BCUT2D eigenvalue weighted by Crippen LogP contribution is -2.59. The SMILES string of the molecule is CCC1(C(=O)N2CCN(CC(F)(F)F)CC2)CCCN1. The van der Waals surface area contributed by atoms with Crippen LogP contribution < -0.4 is 5.32 Å². The Balaban J connectivity index is 1.88. The van der Waals surface area contributed by atoms with Crippen molar-refractivity contribution in [2.45, 2.75) is 37.9 Å². The molecule has 1 unspecified atom stereocenters. The minimum absolute atomic E-state index is 0.0594. The molecule has 0 radical (unpaired) electrons. The molecule has 2 aliphatic rings. The second kappa shape index (κ2) is 5.89. The van der Waals surface area contributed by atoms with Gasteiger partial charge in [0, 0.05) is 26.2 Å². The van der Waals surface area contributed by atoms with E-state index in [0.29, 0.717) is 26.2 Å². The van der Waals surface area contributed by atoms with Gasteiger partial charge >= 0.3 is 6.18 Å². The Bertz CT molecular complexity index is 345. The molecule has 0 aliphatic carbocycles. The van der Waals surface area contributed by atoms with Crippen LogP contribution in [0.5, 0.6) is 0 Å². The van der Waals surface area contributed by atoms with Crippen molar-refractivity contribution in [3.63, 3.8) is 0 Å². The molecule has 116 valence electrons. The number of hydrogen-bond acceptors (Lipinski definition) is 3. The average Bonchev–Trinajstić information content (AvgIpc) is 2.87. The fourth-order valence-corrected chi connectivity index (χ4v) is 3.11. The largest absolute Gasteiger partial charge is 0.401 e. The van der Waals surface area contributed by atoms with Gasteiger partial charge in [-0.15, -0.1) is 0 Å². The Morgan fingerprint density at radius 2 is 1.90 bits per heavy atom. The first-order valence-corrected chi connectivity index (χ1v) is 7.20. The highest BCUT2D eigenvalue weighted by Gasteiger charge is 2.42. The number of alkyl halides is 3. The first-order chi connectivity index (χ1) is 9.36. The van der Waals surface area contributed by atoms with Crippen molar-refractivity contribution in [2.75, 3.05) is 39.3 Å². The summed E-state index contributed by atoms with van der Waals surface area (Å²) in [6.45, 7) is 3.31. The molecule has 0 aromatic rings. The molecular formula is C13H22F3N3O. The predicted molar refractivity (Wildman–Crippen MR) is 69.3 cm³/mol. The lowest BCUT2D eigenvalue weighted by atomic mass is 9.92. The van der Waals surface area contributed by atoms with Gasteiger partial charge < -0.3 is 10.2 Å². The number of carbonyl (C=O) groups is 1. The summed E-state index contributed by atoms with van der Waals surface area (Å²) >= 11 is 0. The standard InChI is InChI=1S/C13H22F3N3O/c1-2-12(4-3-5-17-12)11(20)19-8-6-18(7-9-19)10-13(14,15)16/h17H,2-10H2,1H3. The number of halogens is 3. The molecule has 2 fully saturated rings. The summed E-state index contributed by atoms with van der Waals surface area (Å²) in [7, 11) is 0. The van der Waals surface area contributed by atoms with Gasteiger partial charge in [-0.1, -0.05) is 6.92 Å². The smallest absolute Gasteiger partial charge is 0.339 e. The van der Waals surface area contributed by atoms with Gasteiger partial charge in [-0.2, -0.15) is 13.2 Å². The number of amides is 1. The highest BCUT2D eigenvalue weighted by molar-refractivity contribution is 5.86. The van der Waals surface area contributed by atoms with Crippen LogP contribution in [0.3, 0.4) is 0 Å². The minimum atomic E-state index is -4.16. The van der Waals surface area contributed by atoms with E-state index in [-0.39, 0.29) is 5.91 Å². The highest BCUT2D eigenvalue weighted by Crippen LogP contribution is 2.26. The first kappa shape index (κ1) is 15.6. The molecule has 1 atom stereocenters. The maximum absolute atomic E-state index is 12.6. The van der Waals surface area contributed by atoms with Gasteiger partial charge in [0.2, 0.25) is 5.91 Å². The summed E-state index contributed by atoms with van der Waals surface area (Å²) in [5.74, 6) is 0.0594. The van der Waals surface area contributed by atoms with Gasteiger partial charge in [-0.25, -0.2) is 0 Å². The summed E-state index contributed by atoms with van der Waals surface area (Å²) < 4.78 is 37.0. The molecule has 0 aromatic heterocycles. The van der Waals surface area contributed by atoms with Crippen molar-refractivity contribution in [3.8, 4) is 0 Å². The molecule has 0 bridgehead atoms. The van der Waals surface area contributed by atoms with Gasteiger partial charge in [-0.05, 0) is 25.8 Å². The van der Waals surface area contributed by atoms with Crippen molar-refractivity contribution in [1.29, 1.82) is 0 Å². The number of piperazine rings is 1. The van der Waals surface area contributed by atoms with Crippen molar-refractivity contribution >= 4 is 5.91 Å². The van der Waals surface area contributed by atoms with Gasteiger partial charge in [0.15, 0.2) is 0 Å². The van der Waals surface area contributed by atoms with E-state index in [2.05, 4.69) is 5.32 Å². The van der Waals surface area contributed by atoms with Crippen molar-refractivity contribution in [2.24, 2.45) is 0 Å². The summed E-state index contributed by atoms with van der Waals surface area (Å²) in [6.07, 6.45) is -1.63. The van der Waals surface area contributed by atoms with E-state index >= 15 is 0 Å². The Labute approximate surface area is 117 Å². The molecule has 20 heavy (non-hydrogen) atoms. The summed E-state index contributed by atoms with van der Waals surface area (Å²) in [6, 6.07) is 0. The molecule has 0 saturated carbocycles. The number of hydrogen-bond donors (Lipinski definition) is 1. The number of nitrogens with zero attached hydrogens (tertiary/aromatic N) is 2. The normalized spacial score (nSPS) is 28.9. The molecule has 2 aliphatic heterocycles. The number of carbonyl (C=O) groups excluding carboxylic acids is 1. The van der Waals surface area contributed by atoms with E-state index in [0.717, 1.165) is 25.8 Å². The fraction of sp³-hybridized carbons (Fsp3) is 0.923. The third-order valence-corrected chi connectivity index (χ3v) is 4.32. The lowest BCUT2D eigenvalue weighted by molar-refractivity contribution is -0.153. The Kier molecular flexibility index (Phi) is 4.59. The van der Waals surface area contributed by atoms with E-state index in [1.54, 1.807) is 4.90 Å². The molecule has 7 heteroatoms. The lowest BCUT2D eigenvalue weighted by Gasteiger charge is -2.39. The molecule has 2 saturated heterocycles. The maximum atomic E-state index is 12.6. The van der Waals surface area contributed by atoms with Crippen LogP contribution in [0.4, 0.5) is 13.2 Å². The molecule has 4 nitrogen and oxygen atoms in total. The zero-order chi connectivity index (χ0) is 14.8. The quantitative estimate of drug-likeness (QED) is 0.850. The zero-order valence-electron chi connectivity index (χ0n) is 11.8. The number of rotatable bonds is 3. The van der Waals surface area contributed by atoms with Crippen molar-refractivity contribution < 1.29 is 18.0 Å². The fourth-order valence-electron chi connectivity index (χ4n) is 3.11. The summed E-state index contributed by atoms with van der Waals surface area (Å²) in [4.78, 5) is 15.7. The van der Waals surface area contributed by atoms with Crippen LogP contribution in [-0.2, 0) is 4.79 Å². The second-order valence-electron chi connectivity index (χ2n) is 5.65. The Hall–Kier alpha value is -0.820. The minimum Gasteiger partial charge on any atom is -0.339 e. The zero-order valence-corrected chi connectivity index (χ0v) is 11.8. The average molecular weight is 293 g/mol. The van der Waals surface area contributed by atoms with Crippen LogP contribution in [-0.4, -0.2) is 66.7 Å². The second-order valence-corrected chi connectivity index (χ2v) is 5.65. The predicted octanol–water partition coefficient (Wildman–Crippen LogP) is 1.23. The Morgan fingerprint density at radius 3 is 2.35 bits per heavy atom. The molecule has 2 rings (SSSR count). The van der Waals surface area contributed by atoms with Crippen molar-refractivity contribution in [1.82, 2.24) is 15.1 Å². The van der Waals surface area contributed by atoms with E-state index in [1.807, 2.05) is 6.92 Å². The third-order valence-electron chi connectivity index (χ3n) is 4.32. The maximum Gasteiger partial charge on any atom is 0.401 e. The van der Waals surface area contributed by atoms with Crippen LogP contribution in [0, 0.1) is 0 Å². The topological polar surface area (TPSA) is 35.6 Å². The van der Waals surface area contributed by atoms with Gasteiger partial charge in [0.1, 0.15) is 0 Å². The highest BCUT2D eigenvalue weighted by atomic mass is 19.4. The van der Waals surface area contributed by atoms with Crippen LogP contribution >= 0.6 is 0 Å². The van der Waals surface area contributed by atoms with E-state index < -0.39 is 18.3 Å². The van der Waals surface area contributed by atoms with Crippen LogP contribution in [0.2, 0.25) is 0 Å². The Morgan fingerprint density at radius 1 is 1.25 bits per heavy atom. The van der Waals surface area contributed by atoms with Crippen LogP contribution in [0.15, 0.2) is 0 Å². The van der Waals surface area contributed by atoms with Gasteiger partial charge in [0.05, 0.1) is 12.1 Å². The first-order valence-electron chi connectivity index (χ1n) is 7.20. The molecule has 1 N–H and O–H groups in total. The van der Waals surface area contributed by atoms with Gasteiger partial charge in [-0.3, -0.25) is 9.69 Å². The van der Waals surface area contributed by atoms with E-state index in [1.165, 1.54) is 4.90 Å². The van der Waals surface area contributed by atoms with Crippen LogP contribution in [0.1, 0.15) is 26.2 Å². The summed E-state index contributed by atoms with van der Waals surface area (Å²) in [5.41, 5.74) is -0.480. The van der Waals surface area contributed by atoms with Crippen LogP contribution in [0.25, 0.3) is 0 Å². The number of nitrogens with one attached hydrogen (secondary N) is 1.